The third-order valence-corrected chi connectivity index (χ3v) is 5.26. The Morgan fingerprint density at radius 3 is 2.45 bits per heavy atom. The number of nitrogen functional groups attached to an aromatic ring is 1. The number of carbonyl (C=O) groups is 1. The van der Waals surface area contributed by atoms with Crippen LogP contribution in [0.1, 0.15) is 46.8 Å². The molecule has 7 nitrogen and oxygen atoms in total. The summed E-state index contributed by atoms with van der Waals surface area (Å²) in [5, 5.41) is 0. The minimum Gasteiger partial charge on any atom is -0.383 e. The Labute approximate surface area is 181 Å². The van der Waals surface area contributed by atoms with Crippen LogP contribution in [0.3, 0.4) is 0 Å². The van der Waals surface area contributed by atoms with Crippen LogP contribution in [0.4, 0.5) is 11.5 Å². The van der Waals surface area contributed by atoms with Gasteiger partial charge in [-0.1, -0.05) is 61.4 Å². The number of carbonyl (C=O) groups excluding carboxylic acids is 1. The van der Waals surface area contributed by atoms with E-state index in [1.165, 1.54) is 9.47 Å². The molecule has 0 atom stereocenters. The first-order chi connectivity index (χ1) is 14.8. The molecule has 0 aliphatic heterocycles. The maximum absolute atomic E-state index is 13.5. The monoisotopic (exact) mass is 420 g/mol. The molecule has 1 heterocycles. The molecule has 1 aromatic heterocycles. The van der Waals surface area contributed by atoms with Gasteiger partial charge in [0.15, 0.2) is 5.69 Å². The quantitative estimate of drug-likeness (QED) is 0.613. The van der Waals surface area contributed by atoms with Gasteiger partial charge in [0.05, 0.1) is 6.54 Å². The zero-order chi connectivity index (χ0) is 22.5. The number of hydrogen-bond acceptors (Lipinski definition) is 4. The van der Waals surface area contributed by atoms with Gasteiger partial charge in [0, 0.05) is 12.1 Å². The molecule has 1 amide bonds. The number of rotatable bonds is 7. The van der Waals surface area contributed by atoms with Gasteiger partial charge in [0.1, 0.15) is 5.82 Å². The van der Waals surface area contributed by atoms with Crippen molar-refractivity contribution in [1.29, 1.82) is 0 Å². The Kier molecular flexibility index (Phi) is 6.74. The predicted molar refractivity (Wildman–Crippen MR) is 124 cm³/mol. The summed E-state index contributed by atoms with van der Waals surface area (Å²) < 4.78 is 1.29. The average Bonchev–Trinajstić information content (AvgIpc) is 2.73. The molecule has 3 rings (SSSR count). The highest BCUT2D eigenvalue weighted by Crippen LogP contribution is 2.22. The van der Waals surface area contributed by atoms with E-state index in [4.69, 9.17) is 5.73 Å². The summed E-state index contributed by atoms with van der Waals surface area (Å²) in [6.07, 6.45) is 1.52. The van der Waals surface area contributed by atoms with Gasteiger partial charge in [-0.2, -0.15) is 0 Å². The number of anilines is 2. The standard InChI is InChI=1S/C24H28N4O3/c1-4-5-13-27(23(30)19-12-11-16(2)14-17(19)3)20-21(25)28(24(31)26-22(20)29)15-18-9-7-6-8-10-18/h6-12,14H,4-5,13,15,25H2,1-3H3,(H,26,29,31). The summed E-state index contributed by atoms with van der Waals surface area (Å²) in [6, 6.07) is 14.9. The topological polar surface area (TPSA) is 101 Å². The molecule has 3 aromatic rings. The van der Waals surface area contributed by atoms with E-state index in [9.17, 15) is 14.4 Å². The second-order valence-electron chi connectivity index (χ2n) is 7.69. The Bertz CT molecular complexity index is 1200. The summed E-state index contributed by atoms with van der Waals surface area (Å²) in [5.74, 6) is -0.333. The van der Waals surface area contributed by atoms with Gasteiger partial charge < -0.3 is 10.6 Å². The van der Waals surface area contributed by atoms with Crippen LogP contribution in [-0.4, -0.2) is 22.0 Å². The van der Waals surface area contributed by atoms with Crippen LogP contribution in [0.15, 0.2) is 58.1 Å². The molecular weight excluding hydrogens is 392 g/mol. The Balaban J connectivity index is 2.12. The Morgan fingerprint density at radius 2 is 1.81 bits per heavy atom. The van der Waals surface area contributed by atoms with E-state index in [1.54, 1.807) is 6.07 Å². The lowest BCUT2D eigenvalue weighted by Crippen LogP contribution is -2.42. The van der Waals surface area contributed by atoms with Gasteiger partial charge >= 0.3 is 5.69 Å². The number of H-pyrrole nitrogens is 1. The molecular formula is C24H28N4O3. The number of aryl methyl sites for hydroxylation is 2. The summed E-state index contributed by atoms with van der Waals surface area (Å²) in [4.78, 5) is 42.5. The molecule has 162 valence electrons. The second-order valence-corrected chi connectivity index (χ2v) is 7.69. The van der Waals surface area contributed by atoms with Gasteiger partial charge in [0.2, 0.25) is 0 Å². The van der Waals surface area contributed by atoms with Crippen molar-refractivity contribution in [2.75, 3.05) is 17.2 Å². The first kappa shape index (κ1) is 22.1. The number of aromatic nitrogens is 2. The number of aromatic amines is 1. The number of unbranched alkanes of at least 4 members (excludes halogenated alkanes) is 1. The molecule has 0 saturated carbocycles. The fourth-order valence-electron chi connectivity index (χ4n) is 3.59. The fourth-order valence-corrected chi connectivity index (χ4v) is 3.59. The Morgan fingerprint density at radius 1 is 1.10 bits per heavy atom. The lowest BCUT2D eigenvalue weighted by Gasteiger charge is -2.25. The van der Waals surface area contributed by atoms with Gasteiger partial charge in [-0.15, -0.1) is 0 Å². The van der Waals surface area contributed by atoms with E-state index in [1.807, 2.05) is 63.2 Å². The molecule has 0 aliphatic carbocycles. The molecule has 7 heteroatoms. The minimum atomic E-state index is -0.666. The molecule has 0 saturated heterocycles. The fraction of sp³-hybridized carbons (Fsp3) is 0.292. The normalized spacial score (nSPS) is 10.8. The lowest BCUT2D eigenvalue weighted by atomic mass is 10.0. The molecule has 0 radical (unpaired) electrons. The lowest BCUT2D eigenvalue weighted by molar-refractivity contribution is 0.0985. The van der Waals surface area contributed by atoms with Crippen molar-refractivity contribution in [3.63, 3.8) is 0 Å². The Hall–Kier alpha value is -3.61. The van der Waals surface area contributed by atoms with E-state index in [-0.39, 0.29) is 24.0 Å². The highest BCUT2D eigenvalue weighted by molar-refractivity contribution is 6.08. The maximum Gasteiger partial charge on any atom is 0.330 e. The highest BCUT2D eigenvalue weighted by atomic mass is 16.2. The molecule has 2 aromatic carbocycles. The third kappa shape index (κ3) is 4.77. The molecule has 0 bridgehead atoms. The molecule has 0 fully saturated rings. The average molecular weight is 421 g/mol. The number of hydrogen-bond donors (Lipinski definition) is 2. The second kappa shape index (κ2) is 9.47. The van der Waals surface area contributed by atoms with Crippen molar-refractivity contribution in [3.8, 4) is 0 Å². The number of nitrogens with zero attached hydrogens (tertiary/aromatic N) is 2. The maximum atomic E-state index is 13.5. The summed E-state index contributed by atoms with van der Waals surface area (Å²) >= 11 is 0. The summed E-state index contributed by atoms with van der Waals surface area (Å²) in [5.41, 5.74) is 8.29. The number of amides is 1. The van der Waals surface area contributed by atoms with Gasteiger partial charge in [0.25, 0.3) is 11.5 Å². The predicted octanol–water partition coefficient (Wildman–Crippen LogP) is 3.23. The van der Waals surface area contributed by atoms with Crippen LogP contribution in [0, 0.1) is 13.8 Å². The number of benzene rings is 2. The zero-order valence-electron chi connectivity index (χ0n) is 18.1. The minimum absolute atomic E-state index is 0.00829. The largest absolute Gasteiger partial charge is 0.383 e. The van der Waals surface area contributed by atoms with Crippen LogP contribution < -0.4 is 21.9 Å². The van der Waals surface area contributed by atoms with Crippen LogP contribution >= 0.6 is 0 Å². The van der Waals surface area contributed by atoms with Crippen molar-refractivity contribution in [2.24, 2.45) is 0 Å². The van der Waals surface area contributed by atoms with Crippen LogP contribution in [0.25, 0.3) is 0 Å². The highest BCUT2D eigenvalue weighted by Gasteiger charge is 2.26. The van der Waals surface area contributed by atoms with Gasteiger partial charge in [-0.3, -0.25) is 19.1 Å². The van der Waals surface area contributed by atoms with Crippen molar-refractivity contribution in [3.05, 3.63) is 91.6 Å². The van der Waals surface area contributed by atoms with E-state index >= 15 is 0 Å². The third-order valence-electron chi connectivity index (χ3n) is 5.26. The molecule has 0 spiro atoms. The van der Waals surface area contributed by atoms with Crippen LogP contribution in [-0.2, 0) is 6.54 Å². The van der Waals surface area contributed by atoms with Gasteiger partial charge in [-0.25, -0.2) is 4.79 Å². The van der Waals surface area contributed by atoms with Crippen LogP contribution in [0.2, 0.25) is 0 Å². The summed E-state index contributed by atoms with van der Waals surface area (Å²) in [7, 11) is 0. The SMILES string of the molecule is CCCCN(C(=O)c1ccc(C)cc1C)c1c(N)n(Cc2ccccc2)c(=O)[nH]c1=O. The van der Waals surface area contributed by atoms with Gasteiger partial charge in [-0.05, 0) is 37.5 Å². The molecule has 0 aliphatic rings. The molecule has 0 unspecified atom stereocenters. The first-order valence-corrected chi connectivity index (χ1v) is 10.4. The number of nitrogens with one attached hydrogen (secondary N) is 1. The molecule has 3 N–H and O–H groups in total. The van der Waals surface area contributed by atoms with Crippen molar-refractivity contribution < 1.29 is 4.79 Å². The van der Waals surface area contributed by atoms with Crippen LogP contribution in [0.5, 0.6) is 0 Å². The molecule has 31 heavy (non-hydrogen) atoms. The van der Waals surface area contributed by atoms with E-state index in [0.29, 0.717) is 18.5 Å². The van der Waals surface area contributed by atoms with E-state index in [2.05, 4.69) is 4.98 Å². The smallest absolute Gasteiger partial charge is 0.330 e. The van der Waals surface area contributed by atoms with E-state index in [0.717, 1.165) is 23.1 Å². The summed E-state index contributed by atoms with van der Waals surface area (Å²) in [6.45, 7) is 6.33. The zero-order valence-corrected chi connectivity index (χ0v) is 18.1. The van der Waals surface area contributed by atoms with E-state index < -0.39 is 11.2 Å². The van der Waals surface area contributed by atoms with Crippen molar-refractivity contribution in [2.45, 2.75) is 40.2 Å². The van der Waals surface area contributed by atoms with Crippen molar-refractivity contribution >= 4 is 17.4 Å². The number of nitrogens with two attached hydrogens (primary N) is 1. The van der Waals surface area contributed by atoms with Crippen molar-refractivity contribution in [1.82, 2.24) is 9.55 Å². The first-order valence-electron chi connectivity index (χ1n) is 10.4.